The molecule has 3 nitrogen and oxygen atoms in total. The molecule has 1 aliphatic heterocycles. The van der Waals surface area contributed by atoms with Crippen LogP contribution in [0.4, 0.5) is 0 Å². The zero-order valence-electron chi connectivity index (χ0n) is 11.8. The molecule has 0 amide bonds. The third-order valence-corrected chi connectivity index (χ3v) is 4.55. The molecule has 17 heavy (non-hydrogen) atoms. The highest BCUT2D eigenvalue weighted by Gasteiger charge is 2.29. The minimum Gasteiger partial charge on any atom is -0.312 e. The molecule has 1 saturated heterocycles. The number of likely N-dealkylation sites (tertiary alicyclic amines) is 1. The minimum absolute atomic E-state index is 0.687. The van der Waals surface area contributed by atoms with Gasteiger partial charge in [-0.2, -0.15) is 0 Å². The van der Waals surface area contributed by atoms with Gasteiger partial charge in [0.15, 0.2) is 0 Å². The van der Waals surface area contributed by atoms with Crippen molar-refractivity contribution in [3.05, 3.63) is 0 Å². The Morgan fingerprint density at radius 1 is 1.24 bits per heavy atom. The number of nitrogens with zero attached hydrogens (tertiary/aromatic N) is 2. The van der Waals surface area contributed by atoms with Crippen LogP contribution in [0.5, 0.6) is 0 Å². The van der Waals surface area contributed by atoms with Crippen LogP contribution in [-0.4, -0.2) is 61.2 Å². The molecule has 2 aliphatic rings. The van der Waals surface area contributed by atoms with E-state index in [1.807, 2.05) is 0 Å². The summed E-state index contributed by atoms with van der Waals surface area (Å²) in [5.41, 5.74) is 0. The summed E-state index contributed by atoms with van der Waals surface area (Å²) in [6.45, 7) is 9.55. The molecular formula is C14H29N3. The molecule has 0 aromatic carbocycles. The van der Waals surface area contributed by atoms with Crippen molar-refractivity contribution in [3.8, 4) is 0 Å². The van der Waals surface area contributed by atoms with Crippen molar-refractivity contribution in [2.75, 3.05) is 33.2 Å². The van der Waals surface area contributed by atoms with Crippen LogP contribution in [0.3, 0.4) is 0 Å². The Bertz CT molecular complexity index is 220. The van der Waals surface area contributed by atoms with Crippen LogP contribution >= 0.6 is 0 Å². The maximum absolute atomic E-state index is 3.76. The fourth-order valence-electron chi connectivity index (χ4n) is 2.78. The number of likely N-dealkylation sites (N-methyl/N-ethyl adjacent to an activating group) is 1. The molecule has 1 saturated carbocycles. The van der Waals surface area contributed by atoms with Gasteiger partial charge in [0.1, 0.15) is 0 Å². The van der Waals surface area contributed by atoms with Crippen molar-refractivity contribution in [2.45, 2.75) is 57.7 Å². The van der Waals surface area contributed by atoms with E-state index < -0.39 is 0 Å². The standard InChI is InChI=1S/C14H29N3/c1-4-17-9-7-13(8-10-17)15-11-12(2)16(3)14-5-6-14/h12-15H,4-11H2,1-3H3. The highest BCUT2D eigenvalue weighted by Crippen LogP contribution is 2.26. The number of hydrogen-bond acceptors (Lipinski definition) is 3. The quantitative estimate of drug-likeness (QED) is 0.758. The first kappa shape index (κ1) is 13.3. The van der Waals surface area contributed by atoms with E-state index in [9.17, 15) is 0 Å². The smallest absolute Gasteiger partial charge is 0.0192 e. The lowest BCUT2D eigenvalue weighted by Gasteiger charge is -2.33. The van der Waals surface area contributed by atoms with Crippen LogP contribution < -0.4 is 5.32 Å². The second kappa shape index (κ2) is 6.17. The Kier molecular flexibility index (Phi) is 4.83. The molecule has 2 rings (SSSR count). The third kappa shape index (κ3) is 3.94. The maximum Gasteiger partial charge on any atom is 0.0192 e. The summed E-state index contributed by atoms with van der Waals surface area (Å²) >= 11 is 0. The highest BCUT2D eigenvalue weighted by atomic mass is 15.2. The van der Waals surface area contributed by atoms with Crippen LogP contribution in [0.1, 0.15) is 39.5 Å². The largest absolute Gasteiger partial charge is 0.312 e. The lowest BCUT2D eigenvalue weighted by molar-refractivity contribution is 0.189. The Morgan fingerprint density at radius 2 is 1.88 bits per heavy atom. The molecular weight excluding hydrogens is 210 g/mol. The summed E-state index contributed by atoms with van der Waals surface area (Å²) in [7, 11) is 2.28. The van der Waals surface area contributed by atoms with Crippen molar-refractivity contribution < 1.29 is 0 Å². The summed E-state index contributed by atoms with van der Waals surface area (Å²) < 4.78 is 0. The second-order valence-corrected chi connectivity index (χ2v) is 5.86. The summed E-state index contributed by atoms with van der Waals surface area (Å²) in [4.78, 5) is 5.10. The third-order valence-electron chi connectivity index (χ3n) is 4.55. The predicted molar refractivity (Wildman–Crippen MR) is 73.4 cm³/mol. The van der Waals surface area contributed by atoms with Gasteiger partial charge >= 0.3 is 0 Å². The van der Waals surface area contributed by atoms with E-state index >= 15 is 0 Å². The topological polar surface area (TPSA) is 18.5 Å². The molecule has 0 radical (unpaired) electrons. The molecule has 0 aromatic rings. The van der Waals surface area contributed by atoms with Gasteiger partial charge in [0.05, 0.1) is 0 Å². The zero-order valence-corrected chi connectivity index (χ0v) is 11.8. The van der Waals surface area contributed by atoms with E-state index in [-0.39, 0.29) is 0 Å². The monoisotopic (exact) mass is 239 g/mol. The van der Waals surface area contributed by atoms with E-state index in [4.69, 9.17) is 0 Å². The van der Waals surface area contributed by atoms with E-state index in [1.165, 1.54) is 45.3 Å². The van der Waals surface area contributed by atoms with Gasteiger partial charge < -0.3 is 10.2 Å². The lowest BCUT2D eigenvalue weighted by atomic mass is 10.0. The van der Waals surface area contributed by atoms with Crippen molar-refractivity contribution in [1.82, 2.24) is 15.1 Å². The summed E-state index contributed by atoms with van der Waals surface area (Å²) in [6.07, 6.45) is 5.48. The molecule has 1 atom stereocenters. The Balaban J connectivity index is 1.61. The Morgan fingerprint density at radius 3 is 2.41 bits per heavy atom. The van der Waals surface area contributed by atoms with Gasteiger partial charge in [-0.25, -0.2) is 0 Å². The SMILES string of the molecule is CCN1CCC(NCC(C)N(C)C2CC2)CC1. The Hall–Kier alpha value is -0.120. The van der Waals surface area contributed by atoms with E-state index in [1.54, 1.807) is 0 Å². The first-order valence-corrected chi connectivity index (χ1v) is 7.38. The average Bonchev–Trinajstić information content (AvgIpc) is 3.20. The van der Waals surface area contributed by atoms with Crippen molar-refractivity contribution in [2.24, 2.45) is 0 Å². The molecule has 0 spiro atoms. The molecule has 0 bridgehead atoms. The number of hydrogen-bond donors (Lipinski definition) is 1. The highest BCUT2D eigenvalue weighted by molar-refractivity contribution is 4.86. The number of piperidine rings is 1. The summed E-state index contributed by atoms with van der Waals surface area (Å²) in [6, 6.07) is 2.33. The second-order valence-electron chi connectivity index (χ2n) is 5.86. The number of nitrogens with one attached hydrogen (secondary N) is 1. The van der Waals surface area contributed by atoms with Crippen LogP contribution in [0.15, 0.2) is 0 Å². The van der Waals surface area contributed by atoms with E-state index in [0.717, 1.165) is 18.6 Å². The zero-order chi connectivity index (χ0) is 12.3. The van der Waals surface area contributed by atoms with Gasteiger partial charge in [-0.05, 0) is 59.3 Å². The molecule has 1 heterocycles. The van der Waals surface area contributed by atoms with Crippen LogP contribution in [0.2, 0.25) is 0 Å². The van der Waals surface area contributed by atoms with Gasteiger partial charge in [0, 0.05) is 24.7 Å². The lowest BCUT2D eigenvalue weighted by Crippen LogP contribution is -2.47. The molecule has 3 heteroatoms. The normalized spacial score (nSPS) is 25.4. The minimum atomic E-state index is 0.687. The van der Waals surface area contributed by atoms with Gasteiger partial charge in [-0.3, -0.25) is 4.90 Å². The molecule has 1 N–H and O–H groups in total. The predicted octanol–water partition coefficient (Wildman–Crippen LogP) is 1.54. The number of rotatable bonds is 6. The van der Waals surface area contributed by atoms with Crippen molar-refractivity contribution in [3.63, 3.8) is 0 Å². The average molecular weight is 239 g/mol. The maximum atomic E-state index is 3.76. The molecule has 0 aromatic heterocycles. The summed E-state index contributed by atoms with van der Waals surface area (Å²) in [5.74, 6) is 0. The first-order valence-electron chi connectivity index (χ1n) is 7.38. The van der Waals surface area contributed by atoms with Gasteiger partial charge in [0.25, 0.3) is 0 Å². The summed E-state index contributed by atoms with van der Waals surface area (Å²) in [5, 5.41) is 3.76. The molecule has 1 unspecified atom stereocenters. The van der Waals surface area contributed by atoms with Gasteiger partial charge in [-0.1, -0.05) is 6.92 Å². The van der Waals surface area contributed by atoms with Gasteiger partial charge in [-0.15, -0.1) is 0 Å². The van der Waals surface area contributed by atoms with Crippen molar-refractivity contribution >= 4 is 0 Å². The molecule has 100 valence electrons. The molecule has 2 fully saturated rings. The van der Waals surface area contributed by atoms with Crippen LogP contribution in [0, 0.1) is 0 Å². The van der Waals surface area contributed by atoms with Crippen LogP contribution in [0.25, 0.3) is 0 Å². The van der Waals surface area contributed by atoms with E-state index in [0.29, 0.717) is 6.04 Å². The van der Waals surface area contributed by atoms with Gasteiger partial charge in [0.2, 0.25) is 0 Å². The molecule has 1 aliphatic carbocycles. The fraction of sp³-hybridized carbons (Fsp3) is 1.00. The Labute approximate surface area is 107 Å². The fourth-order valence-corrected chi connectivity index (χ4v) is 2.78. The van der Waals surface area contributed by atoms with Crippen LogP contribution in [-0.2, 0) is 0 Å². The first-order chi connectivity index (χ1) is 8.20. The van der Waals surface area contributed by atoms with Crippen molar-refractivity contribution in [1.29, 1.82) is 0 Å². The van der Waals surface area contributed by atoms with E-state index in [2.05, 4.69) is 36.0 Å².